The molecule has 0 fully saturated rings. The third-order valence-electron chi connectivity index (χ3n) is 3.47. The molecule has 0 saturated heterocycles. The first-order chi connectivity index (χ1) is 12.9. The van der Waals surface area contributed by atoms with E-state index in [4.69, 9.17) is 9.47 Å². The zero-order valence-electron chi connectivity index (χ0n) is 16.9. The van der Waals surface area contributed by atoms with E-state index in [-0.39, 0.29) is 19.6 Å². The van der Waals surface area contributed by atoms with Crippen LogP contribution in [-0.4, -0.2) is 56.8 Å². The molecule has 0 spiro atoms. The van der Waals surface area contributed by atoms with Crippen LogP contribution in [0.2, 0.25) is 0 Å². The van der Waals surface area contributed by atoms with Gasteiger partial charge in [-0.05, 0) is 39.2 Å². The maximum absolute atomic E-state index is 12.0. The maximum Gasteiger partial charge on any atom is 0.407 e. The lowest BCUT2D eigenvalue weighted by Gasteiger charge is -2.24. The molecule has 0 saturated carbocycles. The summed E-state index contributed by atoms with van der Waals surface area (Å²) in [6.45, 7) is 5.56. The number of hydrogen-bond acceptors (Lipinski definition) is 7. The van der Waals surface area contributed by atoms with Gasteiger partial charge in [0.2, 0.25) is 0 Å². The Hall–Kier alpha value is -1.68. The van der Waals surface area contributed by atoms with Crippen LogP contribution < -0.4 is 5.32 Å². The van der Waals surface area contributed by atoms with Crippen LogP contribution in [0.15, 0.2) is 30.3 Å². The fraction of sp³-hybridized carbons (Fsp3) is 0.632. The van der Waals surface area contributed by atoms with Gasteiger partial charge in [-0.25, -0.2) is 4.79 Å². The lowest BCUT2D eigenvalue weighted by Crippen LogP contribution is -2.42. The Kier molecular flexibility index (Phi) is 9.88. The van der Waals surface area contributed by atoms with Gasteiger partial charge in [-0.2, -0.15) is 8.42 Å². The van der Waals surface area contributed by atoms with E-state index in [0.29, 0.717) is 13.0 Å². The standard InChI is InChI=1S/C19H31NO7S/c1-19(2,3)27-18(22)20-16(10-11-17(21)14-26-28(4,23)24)13-25-12-15-8-6-5-7-9-15/h5-9,16-17,21H,10-14H2,1-4H3,(H,20,22)/t16-,17+/m1/s1. The van der Waals surface area contributed by atoms with Crippen LogP contribution >= 0.6 is 0 Å². The lowest BCUT2D eigenvalue weighted by atomic mass is 10.1. The number of carbonyl (C=O) groups is 1. The van der Waals surface area contributed by atoms with E-state index in [1.807, 2.05) is 30.3 Å². The highest BCUT2D eigenvalue weighted by atomic mass is 32.2. The van der Waals surface area contributed by atoms with Gasteiger partial charge in [0, 0.05) is 0 Å². The molecule has 28 heavy (non-hydrogen) atoms. The van der Waals surface area contributed by atoms with Crippen molar-refractivity contribution in [1.82, 2.24) is 5.32 Å². The van der Waals surface area contributed by atoms with Gasteiger partial charge < -0.3 is 19.9 Å². The van der Waals surface area contributed by atoms with Gasteiger partial charge >= 0.3 is 6.09 Å². The number of amides is 1. The van der Waals surface area contributed by atoms with Crippen LogP contribution in [0, 0.1) is 0 Å². The highest BCUT2D eigenvalue weighted by molar-refractivity contribution is 7.85. The first-order valence-corrected chi connectivity index (χ1v) is 10.9. The van der Waals surface area contributed by atoms with Crippen LogP contribution in [0.4, 0.5) is 4.79 Å². The largest absolute Gasteiger partial charge is 0.444 e. The SMILES string of the molecule is CC(C)(C)OC(=O)N[C@H](CC[C@H](O)COS(C)(=O)=O)COCc1ccccc1. The number of rotatable bonds is 11. The second-order valence-corrected chi connectivity index (χ2v) is 9.21. The number of nitrogens with one attached hydrogen (secondary N) is 1. The van der Waals surface area contributed by atoms with Crippen molar-refractivity contribution in [2.45, 2.75) is 58.0 Å². The molecule has 8 nitrogen and oxygen atoms in total. The molecule has 0 radical (unpaired) electrons. The molecule has 1 aromatic carbocycles. The summed E-state index contributed by atoms with van der Waals surface area (Å²) < 4.78 is 37.5. The summed E-state index contributed by atoms with van der Waals surface area (Å²) in [6, 6.07) is 9.19. The van der Waals surface area contributed by atoms with Crippen molar-refractivity contribution in [3.05, 3.63) is 35.9 Å². The Balaban J connectivity index is 2.54. The lowest BCUT2D eigenvalue weighted by molar-refractivity contribution is 0.0392. The molecule has 9 heteroatoms. The summed E-state index contributed by atoms with van der Waals surface area (Å²) in [5.74, 6) is 0. The molecule has 0 heterocycles. The molecule has 0 aliphatic carbocycles. The second-order valence-electron chi connectivity index (χ2n) is 7.56. The molecular formula is C19H31NO7S. The van der Waals surface area contributed by atoms with Crippen LogP contribution in [0.5, 0.6) is 0 Å². The van der Waals surface area contributed by atoms with Crippen molar-refractivity contribution < 1.29 is 32.0 Å². The van der Waals surface area contributed by atoms with Gasteiger partial charge in [-0.15, -0.1) is 0 Å². The third-order valence-corrected chi connectivity index (χ3v) is 4.04. The average Bonchev–Trinajstić information content (AvgIpc) is 2.56. The summed E-state index contributed by atoms with van der Waals surface area (Å²) in [6.07, 6.45) is -0.0498. The number of alkyl carbamates (subject to hydrolysis) is 1. The Labute approximate surface area is 167 Å². The number of ether oxygens (including phenoxy) is 2. The molecule has 1 aromatic rings. The Morgan fingerprint density at radius 3 is 2.36 bits per heavy atom. The van der Waals surface area contributed by atoms with Gasteiger partial charge in [0.05, 0.1) is 38.2 Å². The fourth-order valence-corrected chi connectivity index (χ4v) is 2.65. The van der Waals surface area contributed by atoms with E-state index in [2.05, 4.69) is 9.50 Å². The molecule has 2 N–H and O–H groups in total. The molecule has 1 amide bonds. The van der Waals surface area contributed by atoms with E-state index < -0.39 is 34.0 Å². The smallest absolute Gasteiger partial charge is 0.407 e. The van der Waals surface area contributed by atoms with Gasteiger partial charge in [0.25, 0.3) is 10.1 Å². The minimum atomic E-state index is -3.62. The minimum Gasteiger partial charge on any atom is -0.444 e. The van der Waals surface area contributed by atoms with E-state index >= 15 is 0 Å². The molecule has 2 atom stereocenters. The predicted octanol–water partition coefficient (Wildman–Crippen LogP) is 2.21. The van der Waals surface area contributed by atoms with Crippen molar-refractivity contribution in [2.24, 2.45) is 0 Å². The molecule has 0 aliphatic rings. The van der Waals surface area contributed by atoms with E-state index in [9.17, 15) is 18.3 Å². The number of aliphatic hydroxyl groups is 1. The fourth-order valence-electron chi connectivity index (χ4n) is 2.24. The Morgan fingerprint density at radius 1 is 1.14 bits per heavy atom. The average molecular weight is 418 g/mol. The zero-order valence-corrected chi connectivity index (χ0v) is 17.7. The molecule has 0 aliphatic heterocycles. The van der Waals surface area contributed by atoms with Crippen molar-refractivity contribution in [3.63, 3.8) is 0 Å². The first kappa shape index (κ1) is 24.4. The summed E-state index contributed by atoms with van der Waals surface area (Å²) >= 11 is 0. The monoisotopic (exact) mass is 417 g/mol. The van der Waals surface area contributed by atoms with Crippen molar-refractivity contribution in [3.8, 4) is 0 Å². The zero-order chi connectivity index (χ0) is 21.2. The highest BCUT2D eigenvalue weighted by Crippen LogP contribution is 2.10. The van der Waals surface area contributed by atoms with Gasteiger partial charge in [-0.1, -0.05) is 30.3 Å². The Morgan fingerprint density at radius 2 is 1.79 bits per heavy atom. The van der Waals surface area contributed by atoms with Crippen LogP contribution in [0.3, 0.4) is 0 Å². The summed E-state index contributed by atoms with van der Waals surface area (Å²) in [5.41, 5.74) is 0.364. The van der Waals surface area contributed by atoms with E-state index in [0.717, 1.165) is 11.8 Å². The molecular weight excluding hydrogens is 386 g/mol. The number of carbonyl (C=O) groups excluding carboxylic acids is 1. The summed E-state index contributed by atoms with van der Waals surface area (Å²) in [7, 11) is -3.62. The minimum absolute atomic E-state index is 0.216. The first-order valence-electron chi connectivity index (χ1n) is 9.08. The molecule has 0 bridgehead atoms. The Bertz CT molecular complexity index is 686. The van der Waals surface area contributed by atoms with E-state index in [1.54, 1.807) is 20.8 Å². The summed E-state index contributed by atoms with van der Waals surface area (Å²) in [5, 5.41) is 12.6. The van der Waals surface area contributed by atoms with Gasteiger partial charge in [0.1, 0.15) is 5.60 Å². The van der Waals surface area contributed by atoms with Gasteiger partial charge in [0.15, 0.2) is 0 Å². The van der Waals surface area contributed by atoms with Crippen LogP contribution in [0.25, 0.3) is 0 Å². The normalized spacial score (nSPS) is 14.3. The number of hydrogen-bond donors (Lipinski definition) is 2. The second kappa shape index (κ2) is 11.4. The van der Waals surface area contributed by atoms with E-state index in [1.165, 1.54) is 0 Å². The van der Waals surface area contributed by atoms with Crippen molar-refractivity contribution in [2.75, 3.05) is 19.5 Å². The molecule has 0 aromatic heterocycles. The molecule has 160 valence electrons. The topological polar surface area (TPSA) is 111 Å². The quantitative estimate of drug-likeness (QED) is 0.531. The van der Waals surface area contributed by atoms with Crippen LogP contribution in [-0.2, 0) is 30.4 Å². The molecule has 0 unspecified atom stereocenters. The number of aliphatic hydroxyl groups excluding tert-OH is 1. The van der Waals surface area contributed by atoms with Crippen LogP contribution in [0.1, 0.15) is 39.2 Å². The number of benzene rings is 1. The van der Waals surface area contributed by atoms with Crippen molar-refractivity contribution in [1.29, 1.82) is 0 Å². The molecule has 1 rings (SSSR count). The highest BCUT2D eigenvalue weighted by Gasteiger charge is 2.21. The third kappa shape index (κ3) is 12.7. The van der Waals surface area contributed by atoms with Crippen molar-refractivity contribution >= 4 is 16.2 Å². The summed E-state index contributed by atoms with van der Waals surface area (Å²) in [4.78, 5) is 12.0. The maximum atomic E-state index is 12.0. The van der Waals surface area contributed by atoms with Gasteiger partial charge in [-0.3, -0.25) is 4.18 Å². The predicted molar refractivity (Wildman–Crippen MR) is 105 cm³/mol.